The van der Waals surface area contributed by atoms with Gasteiger partial charge in [-0.3, -0.25) is 4.99 Å². The molecule has 3 heteroatoms. The lowest BCUT2D eigenvalue weighted by Gasteiger charge is -2.15. The molecule has 2 nitrogen and oxygen atoms in total. The van der Waals surface area contributed by atoms with Gasteiger partial charge in [-0.2, -0.15) is 0 Å². The number of likely N-dealkylation sites (tertiary alicyclic amines) is 1. The second-order valence-corrected chi connectivity index (χ2v) is 5.22. The van der Waals surface area contributed by atoms with Crippen molar-refractivity contribution >= 4 is 33.4 Å². The first-order chi connectivity index (χ1) is 7.75. The second-order valence-electron chi connectivity index (χ2n) is 4.31. The average molecular weight is 277 g/mol. The standard InChI is InChI=1S/C13H13BrN2/c1-16-6-2-3-13(16)11-8-15-12-5-4-9(14)7-10(11)12/h4-5,7-8H,2-3,6H2,1H3/b13-11+. The van der Waals surface area contributed by atoms with E-state index in [0.717, 1.165) is 16.7 Å². The molecule has 16 heavy (non-hydrogen) atoms. The fourth-order valence-corrected chi connectivity index (χ4v) is 2.78. The maximum Gasteiger partial charge on any atom is 0.0710 e. The number of aliphatic imine (C=N–C) groups is 1. The van der Waals surface area contributed by atoms with Crippen LogP contribution in [0.3, 0.4) is 0 Å². The number of hydrogen-bond donors (Lipinski definition) is 0. The third-order valence-electron chi connectivity index (χ3n) is 3.26. The van der Waals surface area contributed by atoms with E-state index in [9.17, 15) is 0 Å². The van der Waals surface area contributed by atoms with E-state index in [0.29, 0.717) is 0 Å². The zero-order valence-electron chi connectivity index (χ0n) is 9.20. The Labute approximate surface area is 104 Å². The van der Waals surface area contributed by atoms with Crippen LogP contribution in [0.2, 0.25) is 0 Å². The van der Waals surface area contributed by atoms with Crippen molar-refractivity contribution in [3.05, 3.63) is 33.9 Å². The molecule has 0 saturated carbocycles. The van der Waals surface area contributed by atoms with Crippen LogP contribution in [0.5, 0.6) is 0 Å². The highest BCUT2D eigenvalue weighted by molar-refractivity contribution is 9.10. The molecule has 0 spiro atoms. The summed E-state index contributed by atoms with van der Waals surface area (Å²) in [6.07, 6.45) is 4.44. The number of benzene rings is 1. The van der Waals surface area contributed by atoms with E-state index in [4.69, 9.17) is 0 Å². The third-order valence-corrected chi connectivity index (χ3v) is 3.75. The molecule has 2 heterocycles. The number of allylic oxidation sites excluding steroid dienone is 2. The fourth-order valence-electron chi connectivity index (χ4n) is 2.42. The van der Waals surface area contributed by atoms with Crippen molar-refractivity contribution in [1.82, 2.24) is 4.90 Å². The van der Waals surface area contributed by atoms with Gasteiger partial charge in [0.15, 0.2) is 0 Å². The molecule has 0 aromatic heterocycles. The molecular formula is C13H13BrN2. The zero-order valence-corrected chi connectivity index (χ0v) is 10.8. The van der Waals surface area contributed by atoms with Crippen LogP contribution in [0, 0.1) is 0 Å². The molecule has 2 aliphatic heterocycles. The minimum Gasteiger partial charge on any atom is -0.377 e. The quantitative estimate of drug-likeness (QED) is 0.707. The van der Waals surface area contributed by atoms with Gasteiger partial charge in [0.1, 0.15) is 0 Å². The molecular weight excluding hydrogens is 264 g/mol. The Morgan fingerprint density at radius 2 is 2.25 bits per heavy atom. The minimum atomic E-state index is 1.09. The summed E-state index contributed by atoms with van der Waals surface area (Å²) < 4.78 is 1.12. The first kappa shape index (κ1) is 10.1. The van der Waals surface area contributed by atoms with E-state index in [1.165, 1.54) is 29.7 Å². The Morgan fingerprint density at radius 3 is 3.00 bits per heavy atom. The third kappa shape index (κ3) is 1.50. The summed E-state index contributed by atoms with van der Waals surface area (Å²) in [6.45, 7) is 1.16. The molecule has 1 aromatic carbocycles. The van der Waals surface area contributed by atoms with Gasteiger partial charge in [0.2, 0.25) is 0 Å². The summed E-state index contributed by atoms with van der Waals surface area (Å²) in [5.74, 6) is 0. The molecule has 0 radical (unpaired) electrons. The molecule has 1 aromatic rings. The van der Waals surface area contributed by atoms with Crippen LogP contribution >= 0.6 is 15.9 Å². The minimum absolute atomic E-state index is 1.09. The van der Waals surface area contributed by atoms with Gasteiger partial charge in [0, 0.05) is 41.1 Å². The molecule has 0 amide bonds. The van der Waals surface area contributed by atoms with Gasteiger partial charge in [-0.1, -0.05) is 15.9 Å². The van der Waals surface area contributed by atoms with Gasteiger partial charge in [0.25, 0.3) is 0 Å². The molecule has 0 atom stereocenters. The maximum absolute atomic E-state index is 4.47. The molecule has 3 rings (SSSR count). The molecule has 82 valence electrons. The Bertz CT molecular complexity index is 503. The smallest absolute Gasteiger partial charge is 0.0710 e. The largest absolute Gasteiger partial charge is 0.377 e. The summed E-state index contributed by atoms with van der Waals surface area (Å²) >= 11 is 3.52. The van der Waals surface area contributed by atoms with Gasteiger partial charge in [-0.25, -0.2) is 0 Å². The van der Waals surface area contributed by atoms with Crippen LogP contribution < -0.4 is 0 Å². The highest BCUT2D eigenvalue weighted by atomic mass is 79.9. The van der Waals surface area contributed by atoms with Gasteiger partial charge in [0.05, 0.1) is 5.69 Å². The van der Waals surface area contributed by atoms with E-state index in [2.05, 4.69) is 45.0 Å². The van der Waals surface area contributed by atoms with Gasteiger partial charge in [-0.15, -0.1) is 0 Å². The molecule has 0 N–H and O–H groups in total. The number of rotatable bonds is 0. The van der Waals surface area contributed by atoms with Crippen molar-refractivity contribution in [3.63, 3.8) is 0 Å². The highest BCUT2D eigenvalue weighted by Crippen LogP contribution is 2.38. The molecule has 1 fully saturated rings. The van der Waals surface area contributed by atoms with Crippen molar-refractivity contribution in [2.75, 3.05) is 13.6 Å². The van der Waals surface area contributed by atoms with Crippen molar-refractivity contribution in [1.29, 1.82) is 0 Å². The van der Waals surface area contributed by atoms with Crippen LogP contribution in [-0.2, 0) is 0 Å². The molecule has 0 bridgehead atoms. The molecule has 2 aliphatic rings. The Balaban J connectivity index is 2.15. The first-order valence-corrected chi connectivity index (χ1v) is 6.33. The monoisotopic (exact) mass is 276 g/mol. The average Bonchev–Trinajstić information content (AvgIpc) is 2.83. The number of fused-ring (bicyclic) bond motifs is 1. The van der Waals surface area contributed by atoms with Crippen LogP contribution in [0.4, 0.5) is 5.69 Å². The predicted octanol–water partition coefficient (Wildman–Crippen LogP) is 3.60. The van der Waals surface area contributed by atoms with Crippen molar-refractivity contribution < 1.29 is 0 Å². The van der Waals surface area contributed by atoms with Crippen molar-refractivity contribution in [2.24, 2.45) is 4.99 Å². The predicted molar refractivity (Wildman–Crippen MR) is 71.1 cm³/mol. The van der Waals surface area contributed by atoms with Gasteiger partial charge < -0.3 is 4.90 Å². The zero-order chi connectivity index (χ0) is 11.1. The van der Waals surface area contributed by atoms with Crippen LogP contribution in [0.15, 0.2) is 33.4 Å². The normalized spacial score (nSPS) is 23.0. The van der Waals surface area contributed by atoms with Crippen molar-refractivity contribution in [2.45, 2.75) is 12.8 Å². The Morgan fingerprint density at radius 1 is 1.38 bits per heavy atom. The lowest BCUT2D eigenvalue weighted by atomic mass is 10.0. The van der Waals surface area contributed by atoms with E-state index in [1.807, 2.05) is 12.3 Å². The summed E-state index contributed by atoms with van der Waals surface area (Å²) in [4.78, 5) is 6.82. The van der Waals surface area contributed by atoms with Crippen molar-refractivity contribution in [3.8, 4) is 0 Å². The van der Waals surface area contributed by atoms with E-state index in [-0.39, 0.29) is 0 Å². The number of halogens is 1. The van der Waals surface area contributed by atoms with Gasteiger partial charge in [-0.05, 0) is 31.0 Å². The molecule has 1 saturated heterocycles. The van der Waals surface area contributed by atoms with E-state index >= 15 is 0 Å². The lowest BCUT2D eigenvalue weighted by molar-refractivity contribution is 0.484. The van der Waals surface area contributed by atoms with Crippen LogP contribution in [-0.4, -0.2) is 24.7 Å². The summed E-state index contributed by atoms with van der Waals surface area (Å²) in [5, 5.41) is 0. The lowest BCUT2D eigenvalue weighted by Crippen LogP contribution is -2.11. The van der Waals surface area contributed by atoms with Crippen LogP contribution in [0.25, 0.3) is 5.57 Å². The topological polar surface area (TPSA) is 15.6 Å². The Kier molecular flexibility index (Phi) is 2.36. The van der Waals surface area contributed by atoms with E-state index in [1.54, 1.807) is 0 Å². The molecule has 0 unspecified atom stereocenters. The second kappa shape index (κ2) is 3.74. The highest BCUT2D eigenvalue weighted by Gasteiger charge is 2.22. The summed E-state index contributed by atoms with van der Waals surface area (Å²) in [5.41, 5.74) is 5.08. The maximum atomic E-state index is 4.47. The first-order valence-electron chi connectivity index (χ1n) is 5.54. The SMILES string of the molecule is CN1CCC/C1=C1/C=Nc2ccc(Br)cc21. The number of hydrogen-bond acceptors (Lipinski definition) is 2. The summed E-state index contributed by atoms with van der Waals surface area (Å²) in [6, 6.07) is 6.28. The molecule has 0 aliphatic carbocycles. The summed E-state index contributed by atoms with van der Waals surface area (Å²) in [7, 11) is 2.17. The fraction of sp³-hybridized carbons (Fsp3) is 0.308. The Hall–Kier alpha value is -1.09. The van der Waals surface area contributed by atoms with Gasteiger partial charge >= 0.3 is 0 Å². The number of nitrogens with zero attached hydrogens (tertiary/aromatic N) is 2. The van der Waals surface area contributed by atoms with E-state index < -0.39 is 0 Å². The van der Waals surface area contributed by atoms with Crippen LogP contribution in [0.1, 0.15) is 18.4 Å².